The zero-order valence-corrected chi connectivity index (χ0v) is 18.5. The van der Waals surface area contributed by atoms with Crippen LogP contribution in [0.25, 0.3) is 11.1 Å². The molecule has 1 spiro atoms. The molecule has 170 valence electrons. The molecule has 3 aliphatic rings. The molecule has 5 heterocycles. The van der Waals surface area contributed by atoms with Crippen LogP contribution >= 0.6 is 0 Å². The fourth-order valence-corrected chi connectivity index (χ4v) is 4.53. The summed E-state index contributed by atoms with van der Waals surface area (Å²) in [6.07, 6.45) is 3.63. The van der Waals surface area contributed by atoms with Gasteiger partial charge in [0.25, 0.3) is 6.02 Å². The van der Waals surface area contributed by atoms with Crippen LogP contribution in [0.2, 0.25) is 0 Å². The number of fused-ring (bicyclic) bond motifs is 4. The van der Waals surface area contributed by atoms with E-state index in [4.69, 9.17) is 24.9 Å². The van der Waals surface area contributed by atoms with Crippen LogP contribution in [0.4, 0.5) is 4.39 Å². The minimum atomic E-state index is -0.895. The number of hydrogen-bond donors (Lipinski definition) is 1. The van der Waals surface area contributed by atoms with Gasteiger partial charge in [0.1, 0.15) is 11.3 Å². The lowest BCUT2D eigenvalue weighted by molar-refractivity contribution is -0.0648. The Labute approximate surface area is 195 Å². The number of halogens is 1. The summed E-state index contributed by atoms with van der Waals surface area (Å²) < 4.78 is 31.4. The van der Waals surface area contributed by atoms with E-state index in [-0.39, 0.29) is 11.4 Å². The molecule has 1 saturated heterocycles. The maximum absolute atomic E-state index is 14.5. The second-order valence-electron chi connectivity index (χ2n) is 8.94. The summed E-state index contributed by atoms with van der Waals surface area (Å²) in [4.78, 5) is 13.1. The largest absolute Gasteiger partial charge is 0.465 e. The quantitative estimate of drug-likeness (QED) is 0.443. The van der Waals surface area contributed by atoms with E-state index in [9.17, 15) is 4.39 Å². The van der Waals surface area contributed by atoms with Crippen molar-refractivity contribution < 1.29 is 18.6 Å². The molecular weight excluding hydrogens is 435 g/mol. The highest BCUT2D eigenvalue weighted by molar-refractivity contribution is 5.76. The molecule has 3 aromatic rings. The molecule has 1 fully saturated rings. The van der Waals surface area contributed by atoms with Crippen molar-refractivity contribution in [2.24, 2.45) is 16.1 Å². The Bertz CT molecular complexity index is 1410. The molecule has 6 rings (SSSR count). The van der Waals surface area contributed by atoms with Crippen LogP contribution in [0.15, 0.2) is 53.8 Å². The van der Waals surface area contributed by atoms with Crippen LogP contribution in [-0.4, -0.2) is 35.8 Å². The second-order valence-corrected chi connectivity index (χ2v) is 8.94. The van der Waals surface area contributed by atoms with Gasteiger partial charge in [-0.2, -0.15) is 4.39 Å². The first-order valence-electron chi connectivity index (χ1n) is 11.0. The van der Waals surface area contributed by atoms with Crippen LogP contribution in [0.1, 0.15) is 30.0 Å². The third-order valence-corrected chi connectivity index (χ3v) is 6.36. The Kier molecular flexibility index (Phi) is 4.57. The summed E-state index contributed by atoms with van der Waals surface area (Å²) in [6.45, 7) is 3.67. The lowest BCUT2D eigenvalue weighted by Crippen LogP contribution is -2.39. The van der Waals surface area contributed by atoms with Crippen LogP contribution in [0.3, 0.4) is 0 Å². The van der Waals surface area contributed by atoms with E-state index in [0.717, 1.165) is 16.7 Å². The highest BCUT2D eigenvalue weighted by atomic mass is 19.1. The maximum Gasteiger partial charge on any atom is 0.283 e. The van der Waals surface area contributed by atoms with Crippen molar-refractivity contribution in [3.05, 3.63) is 71.4 Å². The highest BCUT2D eigenvalue weighted by Crippen LogP contribution is 2.52. The van der Waals surface area contributed by atoms with Crippen LogP contribution in [0.5, 0.6) is 11.6 Å². The number of nitrogens with zero attached hydrogens (tertiary/aromatic N) is 3. The molecule has 0 amide bonds. The summed E-state index contributed by atoms with van der Waals surface area (Å²) in [5.74, 6) is 6.99. The molecule has 0 radical (unpaired) electrons. The van der Waals surface area contributed by atoms with Gasteiger partial charge < -0.3 is 19.9 Å². The lowest BCUT2D eigenvalue weighted by Gasteiger charge is -2.39. The number of pyridine rings is 2. The van der Waals surface area contributed by atoms with Gasteiger partial charge in [0.2, 0.25) is 11.8 Å². The monoisotopic (exact) mass is 456 g/mol. The first kappa shape index (κ1) is 20.6. The summed E-state index contributed by atoms with van der Waals surface area (Å²) in [5.41, 5.74) is 8.33. The summed E-state index contributed by atoms with van der Waals surface area (Å²) in [6, 6.07) is 10.9. The SMILES string of the molecule is CC1(C#Cc2cnc3c(c2)[C@]2(CCOC(N)=N2)c2cc(-c4cccnc4F)ccc2O3)COC1. The molecule has 1 atom stereocenters. The van der Waals surface area contributed by atoms with E-state index in [1.54, 1.807) is 30.5 Å². The molecule has 7 nitrogen and oxygen atoms in total. The van der Waals surface area contributed by atoms with E-state index in [1.807, 2.05) is 12.1 Å². The minimum absolute atomic E-state index is 0.0821. The Morgan fingerprint density at radius 2 is 2.00 bits per heavy atom. The fourth-order valence-electron chi connectivity index (χ4n) is 4.53. The average Bonchev–Trinajstić information content (AvgIpc) is 2.82. The number of benzene rings is 1. The molecule has 0 aliphatic carbocycles. The summed E-state index contributed by atoms with van der Waals surface area (Å²) in [7, 11) is 0. The van der Waals surface area contributed by atoms with Crippen LogP contribution in [-0.2, 0) is 15.0 Å². The van der Waals surface area contributed by atoms with Crippen LogP contribution < -0.4 is 10.5 Å². The number of rotatable bonds is 1. The molecular formula is C26H21FN4O3. The van der Waals surface area contributed by atoms with Gasteiger partial charge in [0, 0.05) is 41.1 Å². The normalized spacial score (nSPS) is 21.5. The van der Waals surface area contributed by atoms with Crippen molar-refractivity contribution in [1.82, 2.24) is 9.97 Å². The first-order valence-corrected chi connectivity index (χ1v) is 11.0. The molecule has 0 unspecified atom stereocenters. The maximum atomic E-state index is 14.5. The molecule has 0 saturated carbocycles. The fraction of sp³-hybridized carbons (Fsp3) is 0.269. The predicted octanol–water partition coefficient (Wildman–Crippen LogP) is 3.76. The Morgan fingerprint density at radius 1 is 1.12 bits per heavy atom. The zero-order valence-electron chi connectivity index (χ0n) is 18.5. The summed E-state index contributed by atoms with van der Waals surface area (Å²) >= 11 is 0. The first-order chi connectivity index (χ1) is 16.5. The van der Waals surface area contributed by atoms with Gasteiger partial charge >= 0.3 is 0 Å². The van der Waals surface area contributed by atoms with Crippen molar-refractivity contribution in [2.45, 2.75) is 18.9 Å². The van der Waals surface area contributed by atoms with Gasteiger partial charge in [-0.3, -0.25) is 0 Å². The third-order valence-electron chi connectivity index (χ3n) is 6.36. The number of ether oxygens (including phenoxy) is 3. The van der Waals surface area contributed by atoms with Gasteiger partial charge in [-0.05, 0) is 42.8 Å². The van der Waals surface area contributed by atoms with Crippen molar-refractivity contribution in [2.75, 3.05) is 19.8 Å². The summed E-state index contributed by atoms with van der Waals surface area (Å²) in [5, 5.41) is 0. The minimum Gasteiger partial charge on any atom is -0.465 e. The molecule has 2 aromatic heterocycles. The van der Waals surface area contributed by atoms with Gasteiger partial charge in [-0.25, -0.2) is 15.0 Å². The third kappa shape index (κ3) is 3.28. The van der Waals surface area contributed by atoms with E-state index in [1.165, 1.54) is 6.20 Å². The zero-order chi connectivity index (χ0) is 23.3. The van der Waals surface area contributed by atoms with E-state index < -0.39 is 11.5 Å². The van der Waals surface area contributed by atoms with Crippen molar-refractivity contribution in [3.63, 3.8) is 0 Å². The Morgan fingerprint density at radius 3 is 2.76 bits per heavy atom. The second kappa shape index (κ2) is 7.54. The molecule has 0 bridgehead atoms. The van der Waals surface area contributed by atoms with Crippen molar-refractivity contribution in [3.8, 4) is 34.6 Å². The average molecular weight is 456 g/mol. The number of aliphatic imine (C=N–C) groups is 1. The van der Waals surface area contributed by atoms with E-state index >= 15 is 0 Å². The van der Waals surface area contributed by atoms with Crippen molar-refractivity contribution in [1.29, 1.82) is 0 Å². The number of hydrogen-bond acceptors (Lipinski definition) is 7. The van der Waals surface area contributed by atoms with Gasteiger partial charge in [0.05, 0.1) is 25.2 Å². The van der Waals surface area contributed by atoms with Gasteiger partial charge in [-0.15, -0.1) is 0 Å². The number of aromatic nitrogens is 2. The lowest BCUT2D eigenvalue weighted by atomic mass is 9.77. The smallest absolute Gasteiger partial charge is 0.283 e. The molecule has 8 heteroatoms. The predicted molar refractivity (Wildman–Crippen MR) is 123 cm³/mol. The Balaban J connectivity index is 1.52. The highest BCUT2D eigenvalue weighted by Gasteiger charge is 2.45. The van der Waals surface area contributed by atoms with Crippen molar-refractivity contribution >= 4 is 6.02 Å². The Hall–Kier alpha value is -3.96. The molecule has 2 N–H and O–H groups in total. The van der Waals surface area contributed by atoms with Crippen LogP contribution in [0, 0.1) is 23.2 Å². The van der Waals surface area contributed by atoms with E-state index in [0.29, 0.717) is 49.0 Å². The topological polar surface area (TPSA) is 91.9 Å². The standard InChI is InChI=1S/C26H21FN4O3/c1-25(14-32-15-25)7-6-16-11-20-23(30-13-16)34-21-5-4-17(18-3-2-9-29-22(18)27)12-19(21)26(20)8-10-33-24(28)31-26/h2-5,9,11-13H,8,10,14-15H2,1H3,(H2,28,31)/t26-/m0/s1. The van der Waals surface area contributed by atoms with Gasteiger partial charge in [0.15, 0.2) is 0 Å². The van der Waals surface area contributed by atoms with Gasteiger partial charge in [-0.1, -0.05) is 17.9 Å². The molecule has 3 aliphatic heterocycles. The number of nitrogens with two attached hydrogens (primary N) is 1. The number of amidine groups is 1. The molecule has 1 aromatic carbocycles. The van der Waals surface area contributed by atoms with E-state index in [2.05, 4.69) is 28.7 Å². The molecule has 34 heavy (non-hydrogen) atoms.